The van der Waals surface area contributed by atoms with Crippen LogP contribution in [0.3, 0.4) is 0 Å². The minimum atomic E-state index is -3.92. The van der Waals surface area contributed by atoms with Crippen LogP contribution in [0, 0.1) is 0 Å². The van der Waals surface area contributed by atoms with Gasteiger partial charge in [0.2, 0.25) is 0 Å². The van der Waals surface area contributed by atoms with Crippen molar-refractivity contribution < 1.29 is 46.9 Å². The van der Waals surface area contributed by atoms with Gasteiger partial charge in [-0.2, -0.15) is 0 Å². The van der Waals surface area contributed by atoms with Gasteiger partial charge in [0, 0.05) is 38.8 Å². The molecule has 1 N–H and O–H groups in total. The molecule has 1 saturated heterocycles. The summed E-state index contributed by atoms with van der Waals surface area (Å²) >= 11 is 0. The quantitative estimate of drug-likeness (QED) is 0.299. The number of benzene rings is 2. The van der Waals surface area contributed by atoms with E-state index in [-0.39, 0.29) is 30.8 Å². The Balaban J connectivity index is 1.68. The van der Waals surface area contributed by atoms with Crippen molar-refractivity contribution in [2.45, 2.75) is 69.0 Å². The number of aryl methyl sites for hydroxylation is 1. The second-order valence-electron chi connectivity index (χ2n) is 9.63. The minimum Gasteiger partial charge on any atom is -0.463 e. The van der Waals surface area contributed by atoms with E-state index in [4.69, 9.17) is 18.9 Å². The molecule has 11 nitrogen and oxygen atoms in total. The highest BCUT2D eigenvalue weighted by molar-refractivity contribution is 7.90. The molecule has 0 amide bonds. The van der Waals surface area contributed by atoms with Crippen molar-refractivity contribution >= 4 is 38.8 Å². The molecule has 12 heteroatoms. The smallest absolute Gasteiger partial charge is 0.303 e. The summed E-state index contributed by atoms with van der Waals surface area (Å²) in [7, 11) is -3.92. The van der Waals surface area contributed by atoms with Gasteiger partial charge < -0.3 is 24.1 Å². The number of aliphatic hydroxyl groups excluding tert-OH is 1. The molecule has 0 saturated carbocycles. The summed E-state index contributed by atoms with van der Waals surface area (Å²) in [6.45, 7) is 3.30. The van der Waals surface area contributed by atoms with Crippen molar-refractivity contribution in [2.24, 2.45) is 0 Å². The van der Waals surface area contributed by atoms with Crippen LogP contribution < -0.4 is 0 Å². The van der Waals surface area contributed by atoms with E-state index in [2.05, 4.69) is 0 Å². The number of hydrogen-bond donors (Lipinski definition) is 1. The van der Waals surface area contributed by atoms with Gasteiger partial charge in [-0.05, 0) is 36.6 Å². The van der Waals surface area contributed by atoms with Gasteiger partial charge in [-0.25, -0.2) is 12.4 Å². The Morgan fingerprint density at radius 3 is 2.33 bits per heavy atom. The summed E-state index contributed by atoms with van der Waals surface area (Å²) in [5, 5.41) is 11.7. The van der Waals surface area contributed by atoms with E-state index >= 15 is 0 Å². The van der Waals surface area contributed by atoms with Crippen LogP contribution in [0.2, 0.25) is 0 Å². The predicted octanol–water partition coefficient (Wildman–Crippen LogP) is 2.71. The molecule has 0 aliphatic carbocycles. The van der Waals surface area contributed by atoms with Gasteiger partial charge in [0.25, 0.3) is 10.0 Å². The normalized spacial score (nSPS) is 22.9. The predicted molar refractivity (Wildman–Crippen MR) is 141 cm³/mol. The summed E-state index contributed by atoms with van der Waals surface area (Å²) < 4.78 is 49.8. The van der Waals surface area contributed by atoms with E-state index < -0.39 is 52.0 Å². The van der Waals surface area contributed by atoms with Crippen molar-refractivity contribution in [1.29, 1.82) is 0 Å². The number of para-hydroxylation sites is 1. The molecular weight excluding hydrogens is 542 g/mol. The van der Waals surface area contributed by atoms with Crippen LogP contribution in [0.5, 0.6) is 0 Å². The molecule has 0 bridgehead atoms. The van der Waals surface area contributed by atoms with Crippen LogP contribution in [0.15, 0.2) is 65.7 Å². The lowest BCUT2D eigenvalue weighted by Crippen LogP contribution is -2.60. The Kier molecular flexibility index (Phi) is 8.62. The van der Waals surface area contributed by atoms with Gasteiger partial charge in [-0.15, -0.1) is 0 Å². The number of hydrogen-bond acceptors (Lipinski definition) is 10. The highest BCUT2D eigenvalue weighted by atomic mass is 32.2. The van der Waals surface area contributed by atoms with Crippen LogP contribution in [-0.4, -0.2) is 66.1 Å². The third kappa shape index (κ3) is 6.19. The summed E-state index contributed by atoms with van der Waals surface area (Å²) in [4.78, 5) is 35.4. The average Bonchev–Trinajstić information content (AvgIpc) is 3.28. The Labute approximate surface area is 231 Å². The first-order chi connectivity index (χ1) is 18.9. The number of carbonyl (C=O) groups excluding carboxylic acids is 3. The summed E-state index contributed by atoms with van der Waals surface area (Å²) in [6, 6.07) is 15.0. The second-order valence-corrected chi connectivity index (χ2v) is 11.4. The Hall–Kier alpha value is -3.74. The van der Waals surface area contributed by atoms with Gasteiger partial charge >= 0.3 is 17.9 Å². The molecule has 3 aromatic rings. The molecule has 0 radical (unpaired) electrons. The summed E-state index contributed by atoms with van der Waals surface area (Å²) in [5.41, 5.74) is -0.553. The highest BCUT2D eigenvalue weighted by Crippen LogP contribution is 2.38. The molecule has 4 atom stereocenters. The van der Waals surface area contributed by atoms with Gasteiger partial charge in [-0.1, -0.05) is 36.4 Å². The first kappa shape index (κ1) is 29.2. The zero-order chi connectivity index (χ0) is 29.1. The molecule has 1 fully saturated rings. The minimum absolute atomic E-state index is 0.00515. The molecule has 2 heterocycles. The molecule has 0 unspecified atom stereocenters. The third-order valence-corrected chi connectivity index (χ3v) is 8.40. The van der Waals surface area contributed by atoms with Crippen LogP contribution in [0.1, 0.15) is 39.2 Å². The number of esters is 3. The van der Waals surface area contributed by atoms with Crippen molar-refractivity contribution in [3.63, 3.8) is 0 Å². The summed E-state index contributed by atoms with van der Waals surface area (Å²) in [6.07, 6.45) is -2.09. The van der Waals surface area contributed by atoms with Gasteiger partial charge in [0.1, 0.15) is 18.8 Å². The molecular formula is C28H31NO10S. The fourth-order valence-corrected chi connectivity index (χ4v) is 6.36. The molecule has 40 heavy (non-hydrogen) atoms. The largest absolute Gasteiger partial charge is 0.463 e. The van der Waals surface area contributed by atoms with E-state index in [0.717, 1.165) is 0 Å². The number of fused-ring (bicyclic) bond motifs is 1. The standard InChI is InChI=1S/C28H31NO10S/c1-18(30)36-17-26-25(37-19(2)31)15-28(27(33)38-26,39-20(3)32)14-13-21-16-29(24-12-8-7-11-23(21)24)40(34,35)22-9-5-4-6-10-22/h4-12,16,25-27,33H,13-15,17H2,1-3H3/t25-,26+,27+,28+/m0/s1. The van der Waals surface area contributed by atoms with Crippen molar-refractivity contribution in [3.05, 3.63) is 66.4 Å². The van der Waals surface area contributed by atoms with Crippen LogP contribution in [0.4, 0.5) is 0 Å². The van der Waals surface area contributed by atoms with Gasteiger partial charge in [0.05, 0.1) is 10.4 Å². The average molecular weight is 574 g/mol. The van der Waals surface area contributed by atoms with E-state index in [1.807, 2.05) is 0 Å². The first-order valence-electron chi connectivity index (χ1n) is 12.7. The van der Waals surface area contributed by atoms with Crippen LogP contribution in [-0.2, 0) is 49.8 Å². The van der Waals surface area contributed by atoms with Crippen molar-refractivity contribution in [2.75, 3.05) is 6.61 Å². The third-order valence-electron chi connectivity index (χ3n) is 6.71. The Morgan fingerprint density at radius 1 is 1.00 bits per heavy atom. The lowest BCUT2D eigenvalue weighted by atomic mass is 9.84. The maximum atomic E-state index is 13.5. The fraction of sp³-hybridized carbons (Fsp3) is 0.393. The number of ether oxygens (including phenoxy) is 4. The second kappa shape index (κ2) is 11.8. The monoisotopic (exact) mass is 573 g/mol. The maximum absolute atomic E-state index is 13.5. The summed E-state index contributed by atoms with van der Waals surface area (Å²) in [5.74, 6) is -1.92. The first-order valence-corrected chi connectivity index (χ1v) is 14.1. The Bertz CT molecular complexity index is 1500. The van der Waals surface area contributed by atoms with Crippen molar-refractivity contribution in [3.8, 4) is 0 Å². The Morgan fingerprint density at radius 2 is 1.68 bits per heavy atom. The van der Waals surface area contributed by atoms with E-state index in [9.17, 15) is 27.9 Å². The van der Waals surface area contributed by atoms with Gasteiger partial charge in [-0.3, -0.25) is 14.4 Å². The fourth-order valence-electron chi connectivity index (χ4n) is 4.95. The number of nitrogens with zero attached hydrogens (tertiary/aromatic N) is 1. The number of aromatic nitrogens is 1. The number of rotatable bonds is 9. The van der Waals surface area contributed by atoms with Crippen molar-refractivity contribution in [1.82, 2.24) is 3.97 Å². The molecule has 2 aromatic carbocycles. The van der Waals surface area contributed by atoms with Gasteiger partial charge in [0.15, 0.2) is 11.9 Å². The lowest BCUT2D eigenvalue weighted by Gasteiger charge is -2.46. The zero-order valence-electron chi connectivity index (χ0n) is 22.3. The molecule has 1 aromatic heterocycles. The number of carbonyl (C=O) groups is 3. The zero-order valence-corrected chi connectivity index (χ0v) is 23.1. The van der Waals surface area contributed by atoms with Crippen LogP contribution in [0.25, 0.3) is 10.9 Å². The molecule has 214 valence electrons. The lowest BCUT2D eigenvalue weighted by molar-refractivity contribution is -0.300. The topological polar surface area (TPSA) is 147 Å². The maximum Gasteiger partial charge on any atom is 0.303 e. The highest BCUT2D eigenvalue weighted by Gasteiger charge is 2.52. The van der Waals surface area contributed by atoms with E-state index in [1.54, 1.807) is 42.5 Å². The van der Waals surface area contributed by atoms with E-state index in [0.29, 0.717) is 16.5 Å². The number of aliphatic hydroxyl groups is 1. The van der Waals surface area contributed by atoms with E-state index in [1.165, 1.54) is 43.1 Å². The SMILES string of the molecule is CC(=O)OC[C@H]1O[C@@H](O)[C@](CCc2cn(S(=O)(=O)c3ccccc3)c3ccccc23)(OC(C)=O)C[C@@H]1OC(C)=O. The van der Waals surface area contributed by atoms with Crippen LogP contribution >= 0.6 is 0 Å². The molecule has 4 rings (SSSR count). The molecule has 1 aliphatic heterocycles. The molecule has 1 aliphatic rings. The molecule has 0 spiro atoms.